The second-order valence-corrected chi connectivity index (χ2v) is 7.17. The van der Waals surface area contributed by atoms with Crippen molar-refractivity contribution in [2.45, 2.75) is 31.1 Å². The molecule has 0 fully saturated rings. The molecular weight excluding hydrogens is 353 g/mol. The summed E-state index contributed by atoms with van der Waals surface area (Å²) in [5.41, 5.74) is 1.76. The summed E-state index contributed by atoms with van der Waals surface area (Å²) in [6.45, 7) is 3.78. The summed E-state index contributed by atoms with van der Waals surface area (Å²) in [5.74, 6) is -0.316. The van der Waals surface area contributed by atoms with Crippen LogP contribution < -0.4 is 5.32 Å². The highest BCUT2D eigenvalue weighted by Gasteiger charge is 2.11. The van der Waals surface area contributed by atoms with Crippen LogP contribution in [0.4, 0.5) is 10.1 Å². The van der Waals surface area contributed by atoms with Crippen molar-refractivity contribution < 1.29 is 18.7 Å². The van der Waals surface area contributed by atoms with Gasteiger partial charge in [-0.15, -0.1) is 11.8 Å². The van der Waals surface area contributed by atoms with E-state index in [1.54, 1.807) is 12.1 Å². The number of esters is 1. The molecule has 0 heterocycles. The monoisotopic (exact) mass is 375 g/mol. The minimum atomic E-state index is -0.438. The van der Waals surface area contributed by atoms with E-state index in [1.807, 2.05) is 38.1 Å². The van der Waals surface area contributed by atoms with Crippen LogP contribution >= 0.6 is 11.8 Å². The normalized spacial score (nSPS) is 10.6. The molecule has 2 aromatic carbocycles. The van der Waals surface area contributed by atoms with E-state index in [9.17, 15) is 14.0 Å². The third-order valence-electron chi connectivity index (χ3n) is 3.61. The number of anilines is 1. The van der Waals surface area contributed by atoms with Crippen molar-refractivity contribution in [2.75, 3.05) is 17.7 Å². The number of ether oxygens (including phenoxy) is 1. The van der Waals surface area contributed by atoms with Gasteiger partial charge in [-0.3, -0.25) is 9.59 Å². The van der Waals surface area contributed by atoms with Crippen molar-refractivity contribution in [3.63, 3.8) is 0 Å². The molecular formula is C20H22FNO3S. The van der Waals surface area contributed by atoms with E-state index < -0.39 is 5.97 Å². The summed E-state index contributed by atoms with van der Waals surface area (Å²) in [7, 11) is 0. The van der Waals surface area contributed by atoms with Gasteiger partial charge >= 0.3 is 5.97 Å². The van der Waals surface area contributed by atoms with Crippen LogP contribution in [0.5, 0.6) is 0 Å². The predicted octanol–water partition coefficient (Wildman–Crippen LogP) is 4.61. The number of halogens is 1. The Hall–Kier alpha value is -2.34. The zero-order chi connectivity index (χ0) is 18.9. The van der Waals surface area contributed by atoms with Crippen molar-refractivity contribution in [1.82, 2.24) is 0 Å². The fraction of sp³-hybridized carbons (Fsp3) is 0.300. The molecule has 1 amide bonds. The van der Waals surface area contributed by atoms with Crippen molar-refractivity contribution in [1.29, 1.82) is 0 Å². The molecule has 0 aromatic heterocycles. The van der Waals surface area contributed by atoms with E-state index in [0.717, 1.165) is 16.1 Å². The quantitative estimate of drug-likeness (QED) is 0.541. The van der Waals surface area contributed by atoms with Crippen LogP contribution in [0.1, 0.15) is 31.7 Å². The lowest BCUT2D eigenvalue weighted by Gasteiger charge is -2.13. The lowest BCUT2D eigenvalue weighted by molar-refractivity contribution is -0.146. The van der Waals surface area contributed by atoms with Crippen molar-refractivity contribution in [2.24, 2.45) is 0 Å². The maximum absolute atomic E-state index is 12.8. The maximum atomic E-state index is 12.8. The van der Waals surface area contributed by atoms with E-state index in [-0.39, 0.29) is 30.7 Å². The number of amides is 1. The zero-order valence-corrected chi connectivity index (χ0v) is 15.6. The van der Waals surface area contributed by atoms with E-state index in [0.29, 0.717) is 5.75 Å². The zero-order valence-electron chi connectivity index (χ0n) is 14.8. The highest BCUT2D eigenvalue weighted by Crippen LogP contribution is 2.23. The lowest BCUT2D eigenvalue weighted by atomic mass is 10.0. The summed E-state index contributed by atoms with van der Waals surface area (Å²) in [6.07, 6.45) is 0.178. The summed E-state index contributed by atoms with van der Waals surface area (Å²) in [4.78, 5) is 24.6. The molecule has 2 aromatic rings. The Labute approximate surface area is 157 Å². The van der Waals surface area contributed by atoms with Crippen LogP contribution in [0.3, 0.4) is 0 Å². The maximum Gasteiger partial charge on any atom is 0.307 e. The minimum absolute atomic E-state index is 0.178. The number of nitrogens with one attached hydrogen (secondary N) is 1. The van der Waals surface area contributed by atoms with Crippen molar-refractivity contribution in [3.05, 3.63) is 59.9 Å². The Morgan fingerprint density at radius 2 is 1.81 bits per heavy atom. The van der Waals surface area contributed by atoms with Crippen LogP contribution in [-0.4, -0.2) is 24.2 Å². The number of hydrogen-bond acceptors (Lipinski definition) is 4. The molecule has 6 heteroatoms. The Kier molecular flexibility index (Phi) is 7.66. The fourth-order valence-electron chi connectivity index (χ4n) is 2.30. The molecule has 0 spiro atoms. The minimum Gasteiger partial charge on any atom is -0.456 e. The van der Waals surface area contributed by atoms with Gasteiger partial charge in [0, 0.05) is 16.3 Å². The third-order valence-corrected chi connectivity index (χ3v) is 4.62. The summed E-state index contributed by atoms with van der Waals surface area (Å²) in [5, 5.41) is 2.78. The average molecular weight is 375 g/mol. The fourth-order valence-corrected chi connectivity index (χ4v) is 3.13. The first-order valence-corrected chi connectivity index (χ1v) is 9.37. The standard InChI is InChI=1S/C20H22FNO3S/c1-14(2)17-5-3-4-6-18(17)22-19(23)13-25-20(24)11-12-26-16-9-7-15(21)8-10-16/h3-10,14H,11-13H2,1-2H3,(H,22,23). The van der Waals surface area contributed by atoms with Crippen LogP contribution in [-0.2, 0) is 14.3 Å². The van der Waals surface area contributed by atoms with Gasteiger partial charge < -0.3 is 10.1 Å². The number of carbonyl (C=O) groups is 2. The highest BCUT2D eigenvalue weighted by atomic mass is 32.2. The Morgan fingerprint density at radius 3 is 2.50 bits per heavy atom. The number of rotatable bonds is 8. The van der Waals surface area contributed by atoms with Gasteiger partial charge in [0.2, 0.25) is 0 Å². The van der Waals surface area contributed by atoms with Crippen molar-refractivity contribution >= 4 is 29.3 Å². The molecule has 26 heavy (non-hydrogen) atoms. The Morgan fingerprint density at radius 1 is 1.12 bits per heavy atom. The number of hydrogen-bond donors (Lipinski definition) is 1. The van der Waals surface area contributed by atoms with E-state index in [2.05, 4.69) is 5.32 Å². The SMILES string of the molecule is CC(C)c1ccccc1NC(=O)COC(=O)CCSc1ccc(F)cc1. The van der Waals surface area contributed by atoms with E-state index in [1.165, 1.54) is 23.9 Å². The molecule has 0 aliphatic carbocycles. The molecule has 0 radical (unpaired) electrons. The van der Waals surface area contributed by atoms with E-state index in [4.69, 9.17) is 4.74 Å². The Balaban J connectivity index is 1.71. The summed E-state index contributed by atoms with van der Waals surface area (Å²) < 4.78 is 17.8. The van der Waals surface area contributed by atoms with Gasteiger partial charge in [-0.25, -0.2) is 4.39 Å². The second kappa shape index (κ2) is 9.97. The summed E-state index contributed by atoms with van der Waals surface area (Å²) in [6, 6.07) is 13.6. The van der Waals surface area contributed by atoms with Gasteiger partial charge in [-0.1, -0.05) is 32.0 Å². The van der Waals surface area contributed by atoms with Crippen LogP contribution in [0, 0.1) is 5.82 Å². The van der Waals surface area contributed by atoms with Gasteiger partial charge in [0.05, 0.1) is 6.42 Å². The topological polar surface area (TPSA) is 55.4 Å². The summed E-state index contributed by atoms with van der Waals surface area (Å²) >= 11 is 1.43. The molecule has 0 aliphatic heterocycles. The molecule has 2 rings (SSSR count). The lowest BCUT2D eigenvalue weighted by Crippen LogP contribution is -2.21. The molecule has 0 aliphatic rings. The van der Waals surface area contributed by atoms with Gasteiger partial charge in [0.15, 0.2) is 6.61 Å². The van der Waals surface area contributed by atoms with Crippen LogP contribution in [0.15, 0.2) is 53.4 Å². The van der Waals surface area contributed by atoms with E-state index >= 15 is 0 Å². The van der Waals surface area contributed by atoms with Gasteiger partial charge in [0.1, 0.15) is 5.82 Å². The smallest absolute Gasteiger partial charge is 0.307 e. The van der Waals surface area contributed by atoms with Gasteiger partial charge in [0.25, 0.3) is 5.91 Å². The Bertz CT molecular complexity index is 747. The first-order valence-electron chi connectivity index (χ1n) is 8.38. The molecule has 0 unspecified atom stereocenters. The first kappa shape index (κ1) is 20.0. The molecule has 138 valence electrons. The predicted molar refractivity (Wildman–Crippen MR) is 102 cm³/mol. The highest BCUT2D eigenvalue weighted by molar-refractivity contribution is 7.99. The largest absolute Gasteiger partial charge is 0.456 e. The molecule has 0 atom stereocenters. The second-order valence-electron chi connectivity index (χ2n) is 6.00. The first-order chi connectivity index (χ1) is 12.5. The molecule has 0 saturated carbocycles. The van der Waals surface area contributed by atoms with Crippen LogP contribution in [0.2, 0.25) is 0 Å². The van der Waals surface area contributed by atoms with Gasteiger partial charge in [-0.05, 0) is 41.8 Å². The average Bonchev–Trinajstić information content (AvgIpc) is 2.62. The molecule has 1 N–H and O–H groups in total. The number of para-hydroxylation sites is 1. The molecule has 4 nitrogen and oxygen atoms in total. The number of benzene rings is 2. The van der Waals surface area contributed by atoms with Crippen molar-refractivity contribution in [3.8, 4) is 0 Å². The number of thioether (sulfide) groups is 1. The van der Waals surface area contributed by atoms with Crippen LogP contribution in [0.25, 0.3) is 0 Å². The third kappa shape index (κ3) is 6.52. The molecule has 0 saturated heterocycles. The van der Waals surface area contributed by atoms with Gasteiger partial charge in [-0.2, -0.15) is 0 Å². The number of carbonyl (C=O) groups excluding carboxylic acids is 2. The molecule has 0 bridgehead atoms.